The van der Waals surface area contributed by atoms with E-state index in [4.69, 9.17) is 20.8 Å². The first-order valence-corrected chi connectivity index (χ1v) is 8.64. The van der Waals surface area contributed by atoms with Gasteiger partial charge in [0.15, 0.2) is 11.5 Å². The summed E-state index contributed by atoms with van der Waals surface area (Å²) in [5.41, 5.74) is 1.29. The second kappa shape index (κ2) is 8.13. The number of ether oxygens (including phenoxy) is 1. The van der Waals surface area contributed by atoms with Crippen molar-refractivity contribution in [2.24, 2.45) is 7.05 Å². The van der Waals surface area contributed by atoms with E-state index in [0.29, 0.717) is 16.5 Å². The van der Waals surface area contributed by atoms with E-state index in [0.717, 1.165) is 5.56 Å². The Kier molecular flexibility index (Phi) is 5.65. The Morgan fingerprint density at radius 1 is 1.39 bits per heavy atom. The summed E-state index contributed by atoms with van der Waals surface area (Å²) in [6.07, 6.45) is 1.50. The summed E-state index contributed by atoms with van der Waals surface area (Å²) >= 11 is 6.00. The van der Waals surface area contributed by atoms with Gasteiger partial charge in [0, 0.05) is 13.1 Å². The Bertz CT molecular complexity index is 1010. The highest BCUT2D eigenvalue weighted by Gasteiger charge is 2.17. The van der Waals surface area contributed by atoms with Crippen molar-refractivity contribution in [1.82, 2.24) is 15.1 Å². The van der Waals surface area contributed by atoms with E-state index >= 15 is 0 Å². The van der Waals surface area contributed by atoms with Crippen LogP contribution in [0, 0.1) is 17.0 Å². The van der Waals surface area contributed by atoms with Gasteiger partial charge in [-0.3, -0.25) is 19.6 Å². The highest BCUT2D eigenvalue weighted by Crippen LogP contribution is 2.28. The van der Waals surface area contributed by atoms with Crippen molar-refractivity contribution in [2.75, 3.05) is 0 Å². The largest absolute Gasteiger partial charge is 0.479 e. The molecule has 0 unspecified atom stereocenters. The summed E-state index contributed by atoms with van der Waals surface area (Å²) in [5.74, 6) is 0.155. The maximum atomic E-state index is 12.2. The number of halogens is 1. The normalized spacial score (nSPS) is 10.7. The Morgan fingerprint density at radius 2 is 2.18 bits per heavy atom. The van der Waals surface area contributed by atoms with E-state index < -0.39 is 10.8 Å². The van der Waals surface area contributed by atoms with Crippen LogP contribution in [0.1, 0.15) is 27.6 Å². The lowest BCUT2D eigenvalue weighted by Gasteiger charge is -2.06. The van der Waals surface area contributed by atoms with Crippen LogP contribution in [0.3, 0.4) is 0 Å². The zero-order valence-electron chi connectivity index (χ0n) is 15.1. The van der Waals surface area contributed by atoms with Crippen molar-refractivity contribution in [1.29, 1.82) is 0 Å². The van der Waals surface area contributed by atoms with Crippen LogP contribution in [0.2, 0.25) is 5.02 Å². The number of rotatable bonds is 7. The number of hydrogen-bond acceptors (Lipinski definition) is 6. The van der Waals surface area contributed by atoms with Gasteiger partial charge in [-0.15, -0.1) is 0 Å². The van der Waals surface area contributed by atoms with Crippen LogP contribution in [0.15, 0.2) is 40.9 Å². The van der Waals surface area contributed by atoms with Gasteiger partial charge in [-0.25, -0.2) is 0 Å². The Morgan fingerprint density at radius 3 is 2.86 bits per heavy atom. The molecule has 28 heavy (non-hydrogen) atoms. The molecular formula is C18H17ClN4O5. The van der Waals surface area contributed by atoms with Crippen molar-refractivity contribution in [3.8, 4) is 5.75 Å². The number of amides is 1. The van der Waals surface area contributed by atoms with Gasteiger partial charge in [0.25, 0.3) is 5.91 Å². The molecule has 0 saturated heterocycles. The third-order valence-electron chi connectivity index (χ3n) is 3.99. The average molecular weight is 405 g/mol. The minimum Gasteiger partial charge on any atom is -0.479 e. The first-order chi connectivity index (χ1) is 13.3. The fourth-order valence-electron chi connectivity index (χ4n) is 2.50. The molecule has 0 aliphatic heterocycles. The van der Waals surface area contributed by atoms with Crippen molar-refractivity contribution in [2.45, 2.75) is 20.1 Å². The van der Waals surface area contributed by atoms with E-state index in [2.05, 4.69) is 10.4 Å². The van der Waals surface area contributed by atoms with Gasteiger partial charge in [-0.2, -0.15) is 5.10 Å². The smallest absolute Gasteiger partial charge is 0.311 e. The Labute approximate surface area is 165 Å². The summed E-state index contributed by atoms with van der Waals surface area (Å²) in [7, 11) is 1.72. The zero-order chi connectivity index (χ0) is 20.3. The number of aryl methyl sites for hydroxylation is 2. The number of furan rings is 1. The number of carbonyl (C=O) groups excluding carboxylic acids is 1. The van der Waals surface area contributed by atoms with Crippen LogP contribution >= 0.6 is 11.6 Å². The van der Waals surface area contributed by atoms with Gasteiger partial charge in [0.2, 0.25) is 0 Å². The molecule has 2 aromatic heterocycles. The van der Waals surface area contributed by atoms with Crippen LogP contribution in [0.4, 0.5) is 5.69 Å². The van der Waals surface area contributed by atoms with E-state index in [1.165, 1.54) is 24.4 Å². The van der Waals surface area contributed by atoms with E-state index in [9.17, 15) is 14.9 Å². The monoisotopic (exact) mass is 404 g/mol. The molecule has 1 amide bonds. The third-order valence-corrected chi connectivity index (χ3v) is 4.31. The first kappa shape index (κ1) is 19.4. The number of aromatic nitrogens is 2. The lowest BCUT2D eigenvalue weighted by molar-refractivity contribution is -0.386. The van der Waals surface area contributed by atoms with E-state index in [1.807, 2.05) is 0 Å². The first-order valence-electron chi connectivity index (χ1n) is 8.26. The molecule has 9 nitrogen and oxygen atoms in total. The second-order valence-electron chi connectivity index (χ2n) is 6.03. The molecule has 0 fully saturated rings. The number of nitrogens with one attached hydrogen (secondary N) is 1. The summed E-state index contributed by atoms with van der Waals surface area (Å²) in [4.78, 5) is 22.8. The number of benzene rings is 1. The quantitative estimate of drug-likeness (QED) is 0.477. The van der Waals surface area contributed by atoms with Gasteiger partial charge in [0.1, 0.15) is 12.4 Å². The molecule has 0 radical (unpaired) electrons. The van der Waals surface area contributed by atoms with Gasteiger partial charge < -0.3 is 14.5 Å². The van der Waals surface area contributed by atoms with Crippen LogP contribution < -0.4 is 10.1 Å². The maximum absolute atomic E-state index is 12.2. The number of nitro groups is 1. The molecule has 3 aromatic rings. The number of nitro benzene ring substituents is 1. The van der Waals surface area contributed by atoms with E-state index in [1.54, 1.807) is 30.8 Å². The lowest BCUT2D eigenvalue weighted by atomic mass is 10.2. The molecule has 0 atom stereocenters. The number of nitrogens with zero attached hydrogens (tertiary/aromatic N) is 3. The molecule has 2 heterocycles. The lowest BCUT2D eigenvalue weighted by Crippen LogP contribution is -2.23. The second-order valence-corrected chi connectivity index (χ2v) is 6.44. The molecule has 1 N–H and O–H groups in total. The molecular weight excluding hydrogens is 388 g/mol. The fourth-order valence-corrected chi connectivity index (χ4v) is 2.74. The van der Waals surface area contributed by atoms with Gasteiger partial charge in [0.05, 0.1) is 28.4 Å². The van der Waals surface area contributed by atoms with Crippen molar-refractivity contribution < 1.29 is 18.9 Å². The predicted octanol–water partition coefficient (Wildman–Crippen LogP) is 3.39. The van der Waals surface area contributed by atoms with Gasteiger partial charge in [-0.1, -0.05) is 17.7 Å². The molecule has 146 valence electrons. The summed E-state index contributed by atoms with van der Waals surface area (Å²) in [6.45, 7) is 1.90. The maximum Gasteiger partial charge on any atom is 0.311 e. The summed E-state index contributed by atoms with van der Waals surface area (Å²) in [5, 5.41) is 18.3. The molecule has 0 saturated carbocycles. The molecule has 0 bridgehead atoms. The predicted molar refractivity (Wildman–Crippen MR) is 100 cm³/mol. The Hall–Kier alpha value is -3.33. The number of carbonyl (C=O) groups is 1. The summed E-state index contributed by atoms with van der Waals surface area (Å²) < 4.78 is 12.5. The van der Waals surface area contributed by atoms with Crippen LogP contribution in [0.25, 0.3) is 0 Å². The summed E-state index contributed by atoms with van der Waals surface area (Å²) in [6, 6.07) is 7.75. The zero-order valence-corrected chi connectivity index (χ0v) is 15.9. The standard InChI is InChI=1S/C18H17ClN4O5/c1-11-3-5-16(14(7-11)23(25)26)27-10-12-4-6-17(28-12)18(24)20-9-15-13(19)8-21-22(15)2/h3-8H,9-10H2,1-2H3,(H,20,24). The van der Waals surface area contributed by atoms with Crippen molar-refractivity contribution >= 4 is 23.2 Å². The van der Waals surface area contributed by atoms with E-state index in [-0.39, 0.29) is 30.3 Å². The number of hydrogen-bond donors (Lipinski definition) is 1. The highest BCUT2D eigenvalue weighted by atomic mass is 35.5. The van der Waals surface area contributed by atoms with Crippen LogP contribution in [-0.4, -0.2) is 20.6 Å². The molecule has 0 spiro atoms. The fraction of sp³-hybridized carbons (Fsp3) is 0.222. The molecule has 3 rings (SSSR count). The SMILES string of the molecule is Cc1ccc(OCc2ccc(C(=O)NCc3c(Cl)cnn3C)o2)c([N+](=O)[O-])c1. The average Bonchev–Trinajstić information content (AvgIpc) is 3.26. The molecule has 10 heteroatoms. The van der Waals surface area contributed by atoms with Crippen LogP contribution in [-0.2, 0) is 20.2 Å². The van der Waals surface area contributed by atoms with Gasteiger partial charge >= 0.3 is 5.69 Å². The third kappa shape index (κ3) is 4.32. The molecule has 1 aromatic carbocycles. The van der Waals surface area contributed by atoms with Gasteiger partial charge in [-0.05, 0) is 30.7 Å². The molecule has 0 aliphatic carbocycles. The Balaban J connectivity index is 1.61. The van der Waals surface area contributed by atoms with Crippen molar-refractivity contribution in [3.05, 3.63) is 74.4 Å². The minimum absolute atomic E-state index is 0.0509. The van der Waals surface area contributed by atoms with Crippen molar-refractivity contribution in [3.63, 3.8) is 0 Å². The minimum atomic E-state index is -0.507. The molecule has 0 aliphatic rings. The van der Waals surface area contributed by atoms with Crippen LogP contribution in [0.5, 0.6) is 5.75 Å². The highest BCUT2D eigenvalue weighted by molar-refractivity contribution is 6.31. The topological polar surface area (TPSA) is 112 Å².